The van der Waals surface area contributed by atoms with E-state index < -0.39 is 6.17 Å². The number of aromatic amines is 1. The Morgan fingerprint density at radius 2 is 1.95 bits per heavy atom. The third-order valence-corrected chi connectivity index (χ3v) is 3.03. The first-order valence-corrected chi connectivity index (χ1v) is 6.04. The minimum absolute atomic E-state index is 0.363. The number of benzene rings is 1. The minimum atomic E-state index is -1.13. The number of nitrogens with two attached hydrogens (primary N) is 1. The summed E-state index contributed by atoms with van der Waals surface area (Å²) in [6, 6.07) is 5.09. The lowest BCUT2D eigenvalue weighted by atomic mass is 10.00. The summed E-state index contributed by atoms with van der Waals surface area (Å²) >= 11 is 0. The summed E-state index contributed by atoms with van der Waals surface area (Å²) in [6.45, 7) is 2.44. The molecule has 1 unspecified atom stereocenters. The van der Waals surface area contributed by atoms with E-state index in [1.807, 2.05) is 0 Å². The number of H-pyrrole nitrogens is 1. The first-order chi connectivity index (χ1) is 9.15. The van der Waals surface area contributed by atoms with Gasteiger partial charge in [-0.2, -0.15) is 5.10 Å². The van der Waals surface area contributed by atoms with Crippen molar-refractivity contribution >= 4 is 5.82 Å². The number of anilines is 1. The Hall–Kier alpha value is -2.24. The lowest BCUT2D eigenvalue weighted by molar-refractivity contribution is 0.171. The van der Waals surface area contributed by atoms with Crippen LogP contribution in [0.25, 0.3) is 11.3 Å². The molecule has 0 saturated heterocycles. The van der Waals surface area contributed by atoms with E-state index in [1.165, 1.54) is 6.92 Å². The number of alkyl halides is 1. The van der Waals surface area contributed by atoms with Gasteiger partial charge in [-0.3, -0.25) is 5.10 Å². The zero-order valence-corrected chi connectivity index (χ0v) is 10.4. The largest absolute Gasteiger partial charge is 0.486 e. The van der Waals surface area contributed by atoms with Crippen molar-refractivity contribution < 1.29 is 13.9 Å². The number of nitrogens with one attached hydrogen (secondary N) is 1. The summed E-state index contributed by atoms with van der Waals surface area (Å²) in [6.07, 6.45) is -1.13. The Labute approximate surface area is 109 Å². The maximum absolute atomic E-state index is 13.8. The third kappa shape index (κ3) is 2.09. The minimum Gasteiger partial charge on any atom is -0.486 e. The molecule has 1 aliphatic heterocycles. The van der Waals surface area contributed by atoms with Crippen molar-refractivity contribution in [3.05, 3.63) is 23.8 Å². The molecule has 3 N–H and O–H groups in total. The maximum Gasteiger partial charge on any atom is 0.162 e. The van der Waals surface area contributed by atoms with Gasteiger partial charge < -0.3 is 15.2 Å². The van der Waals surface area contributed by atoms with E-state index in [0.29, 0.717) is 47.4 Å². The van der Waals surface area contributed by atoms with E-state index in [9.17, 15) is 4.39 Å². The Kier molecular flexibility index (Phi) is 2.77. The predicted molar refractivity (Wildman–Crippen MR) is 68.9 cm³/mol. The molecule has 2 aromatic rings. The SMILES string of the molecule is CC(F)c1cc2c(cc1-c1cc(N)n[nH]1)OCCO2. The van der Waals surface area contributed by atoms with Crippen LogP contribution in [0.15, 0.2) is 18.2 Å². The summed E-state index contributed by atoms with van der Waals surface area (Å²) in [5.41, 5.74) is 7.45. The molecule has 1 aliphatic rings. The molecule has 0 amide bonds. The number of hydrogen-bond donors (Lipinski definition) is 2. The van der Waals surface area contributed by atoms with E-state index in [-0.39, 0.29) is 0 Å². The fourth-order valence-electron chi connectivity index (χ4n) is 2.14. The molecule has 6 heteroatoms. The molecule has 1 atom stereocenters. The Morgan fingerprint density at radius 1 is 1.26 bits per heavy atom. The van der Waals surface area contributed by atoms with Crippen LogP contribution in [0.4, 0.5) is 10.2 Å². The number of aromatic nitrogens is 2. The Balaban J connectivity index is 2.16. The van der Waals surface area contributed by atoms with Crippen molar-refractivity contribution in [3.8, 4) is 22.8 Å². The van der Waals surface area contributed by atoms with Gasteiger partial charge in [0.15, 0.2) is 11.5 Å². The molecule has 0 saturated carbocycles. The molecule has 1 aromatic heterocycles. The lowest BCUT2D eigenvalue weighted by Gasteiger charge is -2.21. The normalized spacial score (nSPS) is 15.3. The maximum atomic E-state index is 13.8. The number of nitrogens with zero attached hydrogens (tertiary/aromatic N) is 1. The Bertz CT molecular complexity index is 610. The van der Waals surface area contributed by atoms with Gasteiger partial charge in [0, 0.05) is 11.6 Å². The Morgan fingerprint density at radius 3 is 2.53 bits per heavy atom. The van der Waals surface area contributed by atoms with Crippen LogP contribution >= 0.6 is 0 Å². The highest BCUT2D eigenvalue weighted by Crippen LogP contribution is 2.40. The molecule has 2 heterocycles. The average Bonchev–Trinajstić information content (AvgIpc) is 2.83. The molecule has 0 aliphatic carbocycles. The summed E-state index contributed by atoms with van der Waals surface area (Å²) < 4.78 is 24.8. The van der Waals surface area contributed by atoms with Crippen molar-refractivity contribution in [2.75, 3.05) is 18.9 Å². The molecule has 0 bridgehead atoms. The van der Waals surface area contributed by atoms with Crippen LogP contribution in [-0.4, -0.2) is 23.4 Å². The van der Waals surface area contributed by atoms with Gasteiger partial charge >= 0.3 is 0 Å². The predicted octanol–water partition coefficient (Wildman–Crippen LogP) is 2.46. The number of nitrogen functional groups attached to an aromatic ring is 1. The molecule has 0 radical (unpaired) electrons. The standard InChI is InChI=1S/C13H14FN3O2/c1-7(14)8-4-11-12(19-3-2-18-11)5-9(8)10-6-13(15)17-16-10/h4-7H,2-3H2,1H3,(H3,15,16,17). The van der Waals surface area contributed by atoms with Crippen molar-refractivity contribution in [2.45, 2.75) is 13.1 Å². The van der Waals surface area contributed by atoms with Crippen LogP contribution in [0, 0.1) is 0 Å². The second-order valence-corrected chi connectivity index (χ2v) is 4.41. The van der Waals surface area contributed by atoms with E-state index >= 15 is 0 Å². The lowest BCUT2D eigenvalue weighted by Crippen LogP contribution is -2.15. The van der Waals surface area contributed by atoms with Crippen molar-refractivity contribution in [1.82, 2.24) is 10.2 Å². The van der Waals surface area contributed by atoms with Gasteiger partial charge in [0.25, 0.3) is 0 Å². The second-order valence-electron chi connectivity index (χ2n) is 4.41. The van der Waals surface area contributed by atoms with Crippen LogP contribution in [0.1, 0.15) is 18.7 Å². The van der Waals surface area contributed by atoms with Gasteiger partial charge in [-0.1, -0.05) is 0 Å². The van der Waals surface area contributed by atoms with Crippen LogP contribution < -0.4 is 15.2 Å². The molecule has 1 aromatic carbocycles. The van der Waals surface area contributed by atoms with Crippen LogP contribution in [0.5, 0.6) is 11.5 Å². The van der Waals surface area contributed by atoms with E-state index in [0.717, 1.165) is 0 Å². The second kappa shape index (κ2) is 4.46. The highest BCUT2D eigenvalue weighted by molar-refractivity contribution is 5.70. The molecular formula is C13H14FN3O2. The average molecular weight is 263 g/mol. The number of ether oxygens (including phenoxy) is 2. The number of rotatable bonds is 2. The summed E-state index contributed by atoms with van der Waals surface area (Å²) in [4.78, 5) is 0. The molecule has 5 nitrogen and oxygen atoms in total. The fraction of sp³-hybridized carbons (Fsp3) is 0.308. The molecule has 100 valence electrons. The molecule has 0 spiro atoms. The smallest absolute Gasteiger partial charge is 0.162 e. The molecule has 19 heavy (non-hydrogen) atoms. The van der Waals surface area contributed by atoms with Crippen LogP contribution in [0.2, 0.25) is 0 Å². The highest BCUT2D eigenvalue weighted by Gasteiger charge is 2.20. The van der Waals surface area contributed by atoms with E-state index in [1.54, 1.807) is 18.2 Å². The van der Waals surface area contributed by atoms with Gasteiger partial charge in [-0.05, 0) is 24.6 Å². The van der Waals surface area contributed by atoms with Gasteiger partial charge in [0.1, 0.15) is 25.2 Å². The van der Waals surface area contributed by atoms with Crippen LogP contribution in [0.3, 0.4) is 0 Å². The van der Waals surface area contributed by atoms with Crippen LogP contribution in [-0.2, 0) is 0 Å². The monoisotopic (exact) mass is 263 g/mol. The zero-order chi connectivity index (χ0) is 13.4. The fourth-order valence-corrected chi connectivity index (χ4v) is 2.14. The third-order valence-electron chi connectivity index (χ3n) is 3.03. The first kappa shape index (κ1) is 11.8. The summed E-state index contributed by atoms with van der Waals surface area (Å²) in [7, 11) is 0. The number of fused-ring (bicyclic) bond motifs is 1. The summed E-state index contributed by atoms with van der Waals surface area (Å²) in [5, 5.41) is 6.65. The van der Waals surface area contributed by atoms with Crippen molar-refractivity contribution in [3.63, 3.8) is 0 Å². The number of halogens is 1. The molecule has 3 rings (SSSR count). The van der Waals surface area contributed by atoms with Crippen molar-refractivity contribution in [2.24, 2.45) is 0 Å². The first-order valence-electron chi connectivity index (χ1n) is 6.04. The zero-order valence-electron chi connectivity index (χ0n) is 10.4. The molecular weight excluding hydrogens is 249 g/mol. The van der Waals surface area contributed by atoms with Gasteiger partial charge in [0.05, 0.1) is 5.69 Å². The van der Waals surface area contributed by atoms with Gasteiger partial charge in [-0.25, -0.2) is 4.39 Å². The van der Waals surface area contributed by atoms with Gasteiger partial charge in [0.2, 0.25) is 0 Å². The van der Waals surface area contributed by atoms with E-state index in [2.05, 4.69) is 10.2 Å². The highest BCUT2D eigenvalue weighted by atomic mass is 19.1. The number of hydrogen-bond acceptors (Lipinski definition) is 4. The summed E-state index contributed by atoms with van der Waals surface area (Å²) in [5.74, 6) is 1.54. The quantitative estimate of drug-likeness (QED) is 0.873. The van der Waals surface area contributed by atoms with E-state index in [4.69, 9.17) is 15.2 Å². The van der Waals surface area contributed by atoms with Crippen molar-refractivity contribution in [1.29, 1.82) is 0 Å². The van der Waals surface area contributed by atoms with Gasteiger partial charge in [-0.15, -0.1) is 0 Å². The molecule has 0 fully saturated rings. The topological polar surface area (TPSA) is 73.2 Å².